The van der Waals surface area contributed by atoms with Gasteiger partial charge in [-0.05, 0) is 49.7 Å². The number of esters is 1. The van der Waals surface area contributed by atoms with Gasteiger partial charge in [-0.1, -0.05) is 29.8 Å². The largest absolute Gasteiger partial charge is 0.462 e. The number of urea groups is 1. The Morgan fingerprint density at radius 1 is 0.971 bits per heavy atom. The summed E-state index contributed by atoms with van der Waals surface area (Å²) in [4.78, 5) is 41.9. The van der Waals surface area contributed by atoms with Crippen molar-refractivity contribution in [2.75, 3.05) is 55.7 Å². The van der Waals surface area contributed by atoms with Gasteiger partial charge in [0.1, 0.15) is 0 Å². The summed E-state index contributed by atoms with van der Waals surface area (Å²) >= 11 is 6.37. The summed E-state index contributed by atoms with van der Waals surface area (Å²) < 4.78 is 5.35. The number of hydrogen-bond acceptors (Lipinski definition) is 6. The van der Waals surface area contributed by atoms with Crippen LogP contribution in [0.3, 0.4) is 0 Å². The molecule has 0 aromatic heterocycles. The van der Waals surface area contributed by atoms with Crippen LogP contribution in [-0.2, 0) is 9.53 Å². The number of rotatable bonds is 8. The summed E-state index contributed by atoms with van der Waals surface area (Å²) in [6, 6.07) is 14.3. The Kier molecular flexibility index (Phi) is 8.03. The molecule has 34 heavy (non-hydrogen) atoms. The quantitative estimate of drug-likeness (QED) is 0.456. The molecule has 0 atom stereocenters. The number of carbonyl (C=O) groups is 3. The fourth-order valence-corrected chi connectivity index (χ4v) is 4.41. The van der Waals surface area contributed by atoms with Gasteiger partial charge in [0.05, 0.1) is 22.9 Å². The Morgan fingerprint density at radius 3 is 2.47 bits per heavy atom. The maximum Gasteiger partial charge on any atom is 0.338 e. The van der Waals surface area contributed by atoms with E-state index in [9.17, 15) is 14.4 Å². The number of halogens is 1. The van der Waals surface area contributed by atoms with Gasteiger partial charge in [-0.3, -0.25) is 19.9 Å². The van der Waals surface area contributed by atoms with E-state index in [-0.39, 0.29) is 18.3 Å². The molecule has 0 radical (unpaired) electrons. The standard InChI is InChI=1S/C25H29ClN4O4/c26-21-9-8-20(18-22(21)30-12-10-23(31)27-25(30)33)29-15-13-28(14-16-29)11-4-5-17-34-24(32)19-6-2-1-3-7-19/h1-3,6-9,18H,4-5,10-17H2,(H,27,31,33). The van der Waals surface area contributed by atoms with Gasteiger partial charge in [0.15, 0.2) is 0 Å². The molecule has 2 aromatic carbocycles. The summed E-state index contributed by atoms with van der Waals surface area (Å²) in [5, 5.41) is 2.83. The van der Waals surface area contributed by atoms with Crippen molar-refractivity contribution < 1.29 is 19.1 Å². The van der Waals surface area contributed by atoms with Crippen molar-refractivity contribution >= 4 is 40.9 Å². The maximum absolute atomic E-state index is 12.2. The number of benzene rings is 2. The zero-order valence-electron chi connectivity index (χ0n) is 19.0. The van der Waals surface area contributed by atoms with Crippen LogP contribution in [0.2, 0.25) is 5.02 Å². The molecule has 2 aromatic rings. The van der Waals surface area contributed by atoms with E-state index >= 15 is 0 Å². The highest BCUT2D eigenvalue weighted by atomic mass is 35.5. The van der Waals surface area contributed by atoms with Crippen LogP contribution in [0.5, 0.6) is 0 Å². The van der Waals surface area contributed by atoms with Crippen LogP contribution in [0, 0.1) is 0 Å². The molecule has 180 valence electrons. The number of amides is 3. The normalized spacial score (nSPS) is 17.0. The number of imide groups is 1. The summed E-state index contributed by atoms with van der Waals surface area (Å²) in [5.74, 6) is -0.538. The van der Waals surface area contributed by atoms with Crippen LogP contribution >= 0.6 is 11.6 Å². The molecule has 0 spiro atoms. The monoisotopic (exact) mass is 484 g/mol. The molecule has 4 rings (SSSR count). The summed E-state index contributed by atoms with van der Waals surface area (Å²) in [7, 11) is 0. The van der Waals surface area contributed by atoms with Crippen LogP contribution in [0.25, 0.3) is 0 Å². The molecular weight excluding hydrogens is 456 g/mol. The Labute approximate surface area is 204 Å². The van der Waals surface area contributed by atoms with E-state index in [2.05, 4.69) is 15.1 Å². The van der Waals surface area contributed by atoms with Crippen molar-refractivity contribution in [3.63, 3.8) is 0 Å². The molecular formula is C25H29ClN4O4. The average Bonchev–Trinajstić information content (AvgIpc) is 2.85. The van der Waals surface area contributed by atoms with Gasteiger partial charge in [0, 0.05) is 44.8 Å². The third-order valence-electron chi connectivity index (χ3n) is 6.12. The molecule has 2 fully saturated rings. The highest BCUT2D eigenvalue weighted by molar-refractivity contribution is 6.34. The average molecular weight is 485 g/mol. The topological polar surface area (TPSA) is 82.2 Å². The zero-order valence-corrected chi connectivity index (χ0v) is 19.8. The van der Waals surface area contributed by atoms with Gasteiger partial charge in [-0.15, -0.1) is 0 Å². The lowest BCUT2D eigenvalue weighted by molar-refractivity contribution is -0.120. The van der Waals surface area contributed by atoms with Crippen molar-refractivity contribution in [2.45, 2.75) is 19.3 Å². The second kappa shape index (κ2) is 11.4. The number of nitrogens with one attached hydrogen (secondary N) is 1. The number of hydrogen-bond donors (Lipinski definition) is 1. The van der Waals surface area contributed by atoms with E-state index in [0.29, 0.717) is 29.4 Å². The SMILES string of the molecule is O=C1CCN(c2cc(N3CCN(CCCCOC(=O)c4ccccc4)CC3)ccc2Cl)C(=O)N1. The van der Waals surface area contributed by atoms with E-state index in [0.717, 1.165) is 51.3 Å². The van der Waals surface area contributed by atoms with E-state index in [1.54, 1.807) is 18.2 Å². The molecule has 2 aliphatic rings. The number of piperazine rings is 1. The van der Waals surface area contributed by atoms with E-state index in [4.69, 9.17) is 16.3 Å². The van der Waals surface area contributed by atoms with Gasteiger partial charge in [-0.25, -0.2) is 9.59 Å². The minimum absolute atomic E-state index is 0.260. The predicted molar refractivity (Wildman–Crippen MR) is 132 cm³/mol. The first-order valence-electron chi connectivity index (χ1n) is 11.6. The molecule has 0 aliphatic carbocycles. The molecule has 0 saturated carbocycles. The summed E-state index contributed by atoms with van der Waals surface area (Å²) in [6.45, 7) is 5.31. The van der Waals surface area contributed by atoms with Gasteiger partial charge < -0.3 is 9.64 Å². The fraction of sp³-hybridized carbons (Fsp3) is 0.400. The molecule has 3 amide bonds. The van der Waals surface area contributed by atoms with E-state index in [1.165, 1.54) is 4.90 Å². The van der Waals surface area contributed by atoms with Gasteiger partial charge in [-0.2, -0.15) is 0 Å². The molecule has 8 nitrogen and oxygen atoms in total. The lowest BCUT2D eigenvalue weighted by Gasteiger charge is -2.37. The fourth-order valence-electron chi connectivity index (χ4n) is 4.19. The number of ether oxygens (including phenoxy) is 1. The van der Waals surface area contributed by atoms with E-state index in [1.807, 2.05) is 30.3 Å². The first-order chi connectivity index (χ1) is 16.5. The van der Waals surface area contributed by atoms with Crippen molar-refractivity contribution in [3.05, 3.63) is 59.1 Å². The Hall–Kier alpha value is -3.10. The Balaban J connectivity index is 1.21. The molecule has 9 heteroatoms. The summed E-state index contributed by atoms with van der Waals surface area (Å²) in [5.41, 5.74) is 2.21. The Morgan fingerprint density at radius 2 is 1.74 bits per heavy atom. The van der Waals surface area contributed by atoms with E-state index < -0.39 is 6.03 Å². The van der Waals surface area contributed by atoms with Gasteiger partial charge in [0.25, 0.3) is 0 Å². The highest BCUT2D eigenvalue weighted by Gasteiger charge is 2.27. The van der Waals surface area contributed by atoms with Gasteiger partial charge >= 0.3 is 12.0 Å². The summed E-state index contributed by atoms with van der Waals surface area (Å²) in [6.07, 6.45) is 2.06. The van der Waals surface area contributed by atoms with Crippen LogP contribution in [0.1, 0.15) is 29.6 Å². The molecule has 0 unspecified atom stereocenters. The van der Waals surface area contributed by atoms with Crippen molar-refractivity contribution in [2.24, 2.45) is 0 Å². The molecule has 2 aliphatic heterocycles. The molecule has 0 bridgehead atoms. The second-order valence-corrected chi connectivity index (χ2v) is 8.84. The first kappa shape index (κ1) is 24.0. The van der Waals surface area contributed by atoms with Crippen LogP contribution in [0.15, 0.2) is 48.5 Å². The van der Waals surface area contributed by atoms with Crippen LogP contribution in [-0.4, -0.2) is 68.7 Å². The Bertz CT molecular complexity index is 1020. The third kappa shape index (κ3) is 6.07. The highest BCUT2D eigenvalue weighted by Crippen LogP contribution is 2.32. The smallest absolute Gasteiger partial charge is 0.338 e. The minimum atomic E-state index is -0.436. The maximum atomic E-state index is 12.2. The van der Waals surface area contributed by atoms with Crippen LogP contribution < -0.4 is 15.1 Å². The van der Waals surface area contributed by atoms with Crippen molar-refractivity contribution in [1.82, 2.24) is 10.2 Å². The number of carbonyl (C=O) groups excluding carboxylic acids is 3. The lowest BCUT2D eigenvalue weighted by atomic mass is 10.2. The number of nitrogens with zero attached hydrogens (tertiary/aromatic N) is 3. The van der Waals surface area contributed by atoms with Crippen molar-refractivity contribution in [1.29, 1.82) is 0 Å². The predicted octanol–water partition coefficient (Wildman–Crippen LogP) is 3.55. The number of unbranched alkanes of at least 4 members (excludes halogenated alkanes) is 1. The van der Waals surface area contributed by atoms with Gasteiger partial charge in [0.2, 0.25) is 5.91 Å². The first-order valence-corrected chi connectivity index (χ1v) is 12.0. The second-order valence-electron chi connectivity index (χ2n) is 8.43. The lowest BCUT2D eigenvalue weighted by Crippen LogP contribution is -2.50. The number of anilines is 2. The molecule has 1 N–H and O–H groups in total. The zero-order chi connectivity index (χ0) is 23.9. The third-order valence-corrected chi connectivity index (χ3v) is 6.44. The molecule has 2 heterocycles. The van der Waals surface area contributed by atoms with Crippen LogP contribution in [0.4, 0.5) is 16.2 Å². The van der Waals surface area contributed by atoms with Crippen molar-refractivity contribution in [3.8, 4) is 0 Å². The minimum Gasteiger partial charge on any atom is -0.462 e. The molecule has 2 saturated heterocycles.